The molecule has 1 spiro atoms. The number of nitrogen functional groups attached to an aromatic ring is 1. The summed E-state index contributed by atoms with van der Waals surface area (Å²) >= 11 is 3.40. The number of nitriles is 1. The average molecular weight is 604 g/mol. The fourth-order valence-corrected chi connectivity index (χ4v) is 10.1. The van der Waals surface area contributed by atoms with Gasteiger partial charge in [0, 0.05) is 54.6 Å². The predicted octanol–water partition coefficient (Wildman–Crippen LogP) is 4.26. The van der Waals surface area contributed by atoms with Crippen LogP contribution in [0.1, 0.15) is 53.8 Å². The maximum absolute atomic E-state index is 14.4. The number of imidazole rings is 1. The van der Waals surface area contributed by atoms with Crippen molar-refractivity contribution in [2.45, 2.75) is 54.4 Å². The number of anilines is 2. The van der Waals surface area contributed by atoms with E-state index in [0.29, 0.717) is 60.2 Å². The van der Waals surface area contributed by atoms with Crippen molar-refractivity contribution in [1.82, 2.24) is 29.4 Å². The molecule has 0 aliphatic carbocycles. The fraction of sp³-hybridized carbons (Fsp3) is 0.483. The SMILES string of the molecule is CC(c1cccnc1)n1cnc2c(N3CC4(C3)SCc3sc(N)c(C#N)c34)nc(OC[C@@]34CCCN3C[C@H](F)C4)nc21. The molecule has 13 heteroatoms. The van der Waals surface area contributed by atoms with Gasteiger partial charge in [-0.2, -0.15) is 15.2 Å². The van der Waals surface area contributed by atoms with Crippen molar-refractivity contribution in [3.63, 3.8) is 0 Å². The summed E-state index contributed by atoms with van der Waals surface area (Å²) < 4.78 is 22.6. The Morgan fingerprint density at radius 3 is 3.02 bits per heavy atom. The van der Waals surface area contributed by atoms with Gasteiger partial charge in [0.2, 0.25) is 0 Å². The maximum Gasteiger partial charge on any atom is 0.320 e. The van der Waals surface area contributed by atoms with Crippen molar-refractivity contribution in [2.24, 2.45) is 0 Å². The molecule has 4 aromatic rings. The van der Waals surface area contributed by atoms with Crippen LogP contribution < -0.4 is 15.4 Å². The molecule has 3 saturated heterocycles. The van der Waals surface area contributed by atoms with Gasteiger partial charge in [0.1, 0.15) is 23.8 Å². The van der Waals surface area contributed by atoms with Gasteiger partial charge in [-0.05, 0) is 37.9 Å². The Kier molecular flexibility index (Phi) is 5.93. The van der Waals surface area contributed by atoms with Crippen LogP contribution in [0.2, 0.25) is 0 Å². The zero-order valence-electron chi connectivity index (χ0n) is 23.2. The van der Waals surface area contributed by atoms with Crippen LogP contribution in [0.4, 0.5) is 15.2 Å². The molecule has 8 rings (SSSR count). The second kappa shape index (κ2) is 9.52. The molecule has 3 fully saturated rings. The number of hydrogen-bond acceptors (Lipinski definition) is 11. The third-order valence-electron chi connectivity index (χ3n) is 9.44. The molecule has 0 amide bonds. The van der Waals surface area contributed by atoms with E-state index in [9.17, 15) is 9.65 Å². The lowest BCUT2D eigenvalue weighted by atomic mass is 9.88. The summed E-state index contributed by atoms with van der Waals surface area (Å²) in [7, 11) is 0. The fourth-order valence-electron chi connectivity index (χ4n) is 7.32. The van der Waals surface area contributed by atoms with E-state index in [0.717, 1.165) is 36.3 Å². The highest BCUT2D eigenvalue weighted by atomic mass is 32.2. The number of hydrogen-bond donors (Lipinski definition) is 1. The maximum atomic E-state index is 14.4. The molecule has 0 aromatic carbocycles. The standard InChI is InChI=1S/C29H30FN9OS2/c1-17(18-4-2-6-33-10-18)39-16-34-23-25(37-13-29(14-37)22-20(9-31)24(32)42-21(22)12-41-29)35-27(36-26(23)39)40-15-28-5-3-7-38(28)11-19(30)8-28/h2,4,6,10,16-17,19H,3,5,7-8,11-15,32H2,1H3/t17?,19-,28+/m1/s1. The van der Waals surface area contributed by atoms with Gasteiger partial charge in [0.15, 0.2) is 17.0 Å². The Bertz CT molecular complexity index is 1730. The number of rotatable bonds is 6. The number of alkyl halides is 1. The Morgan fingerprint density at radius 2 is 2.21 bits per heavy atom. The Balaban J connectivity index is 1.16. The number of ether oxygens (including phenoxy) is 1. The van der Waals surface area contributed by atoms with E-state index < -0.39 is 6.17 Å². The van der Waals surface area contributed by atoms with Crippen LogP contribution in [0.15, 0.2) is 30.9 Å². The van der Waals surface area contributed by atoms with Crippen LogP contribution in [-0.4, -0.2) is 73.9 Å². The summed E-state index contributed by atoms with van der Waals surface area (Å²) in [5.74, 6) is 1.57. The van der Waals surface area contributed by atoms with Gasteiger partial charge in [-0.3, -0.25) is 9.88 Å². The summed E-state index contributed by atoms with van der Waals surface area (Å²) in [5.41, 5.74) is 10.0. The molecule has 0 saturated carbocycles. The molecule has 4 aromatic heterocycles. The van der Waals surface area contributed by atoms with E-state index in [4.69, 9.17) is 25.4 Å². The van der Waals surface area contributed by atoms with Gasteiger partial charge >= 0.3 is 6.01 Å². The first-order valence-corrected chi connectivity index (χ1v) is 16.1. The molecule has 4 aliphatic heterocycles. The van der Waals surface area contributed by atoms with Crippen LogP contribution in [0.25, 0.3) is 11.2 Å². The summed E-state index contributed by atoms with van der Waals surface area (Å²) in [6.07, 6.45) is 7.03. The van der Waals surface area contributed by atoms with E-state index in [-0.39, 0.29) is 22.3 Å². The van der Waals surface area contributed by atoms with Gasteiger partial charge in [0.05, 0.1) is 28.2 Å². The Labute approximate surface area is 250 Å². The number of thioether (sulfide) groups is 1. The molecule has 4 aliphatic rings. The van der Waals surface area contributed by atoms with E-state index in [2.05, 4.69) is 27.8 Å². The highest BCUT2D eigenvalue weighted by molar-refractivity contribution is 8.00. The molecule has 0 bridgehead atoms. The Morgan fingerprint density at radius 1 is 1.33 bits per heavy atom. The van der Waals surface area contributed by atoms with Crippen molar-refractivity contribution in [1.29, 1.82) is 5.26 Å². The normalized spacial score (nSPS) is 25.0. The van der Waals surface area contributed by atoms with Crippen molar-refractivity contribution in [3.05, 3.63) is 52.4 Å². The molecule has 0 radical (unpaired) electrons. The largest absolute Gasteiger partial charge is 0.461 e. The number of nitrogens with zero attached hydrogens (tertiary/aromatic N) is 8. The second-order valence-electron chi connectivity index (χ2n) is 11.9. The minimum Gasteiger partial charge on any atom is -0.461 e. The summed E-state index contributed by atoms with van der Waals surface area (Å²) in [5, 5.41) is 10.4. The lowest BCUT2D eigenvalue weighted by Gasteiger charge is -2.48. The van der Waals surface area contributed by atoms with E-state index in [1.165, 1.54) is 16.2 Å². The first-order chi connectivity index (χ1) is 20.4. The monoisotopic (exact) mass is 603 g/mol. The van der Waals surface area contributed by atoms with Gasteiger partial charge in [0.25, 0.3) is 0 Å². The lowest BCUT2D eigenvalue weighted by molar-refractivity contribution is 0.107. The predicted molar refractivity (Wildman–Crippen MR) is 161 cm³/mol. The molecule has 3 atom stereocenters. The van der Waals surface area contributed by atoms with Crippen molar-refractivity contribution in [2.75, 3.05) is 43.4 Å². The number of fused-ring (bicyclic) bond motifs is 4. The molecule has 8 heterocycles. The van der Waals surface area contributed by atoms with Crippen molar-refractivity contribution >= 4 is 45.1 Å². The van der Waals surface area contributed by atoms with Crippen LogP contribution in [0.3, 0.4) is 0 Å². The first-order valence-electron chi connectivity index (χ1n) is 14.3. The zero-order chi connectivity index (χ0) is 28.6. The lowest BCUT2D eigenvalue weighted by Crippen LogP contribution is -2.57. The molecule has 216 valence electrons. The van der Waals surface area contributed by atoms with Crippen molar-refractivity contribution < 1.29 is 9.13 Å². The summed E-state index contributed by atoms with van der Waals surface area (Å²) in [4.78, 5) is 24.5. The first kappa shape index (κ1) is 26.2. The van der Waals surface area contributed by atoms with Crippen LogP contribution in [0.5, 0.6) is 6.01 Å². The minimum atomic E-state index is -0.829. The highest BCUT2D eigenvalue weighted by Crippen LogP contribution is 2.58. The zero-order valence-corrected chi connectivity index (χ0v) is 24.8. The molecule has 2 N–H and O–H groups in total. The van der Waals surface area contributed by atoms with Gasteiger partial charge in [-0.15, -0.1) is 23.1 Å². The third-order valence-corrected chi connectivity index (χ3v) is 12.1. The van der Waals surface area contributed by atoms with Crippen molar-refractivity contribution in [3.8, 4) is 12.1 Å². The van der Waals surface area contributed by atoms with Gasteiger partial charge in [-0.1, -0.05) is 6.07 Å². The van der Waals surface area contributed by atoms with E-state index >= 15 is 0 Å². The number of aromatic nitrogens is 5. The molecule has 42 heavy (non-hydrogen) atoms. The average Bonchev–Trinajstić information content (AvgIpc) is 3.77. The molecular weight excluding hydrogens is 574 g/mol. The van der Waals surface area contributed by atoms with E-state index in [1.54, 1.807) is 12.5 Å². The minimum absolute atomic E-state index is 0.0620. The summed E-state index contributed by atoms with van der Waals surface area (Å²) in [6.45, 7) is 5.19. The summed E-state index contributed by atoms with van der Waals surface area (Å²) in [6, 6.07) is 6.52. The molecule has 10 nitrogen and oxygen atoms in total. The van der Waals surface area contributed by atoms with Gasteiger partial charge < -0.3 is 19.9 Å². The smallest absolute Gasteiger partial charge is 0.320 e. The number of nitrogens with two attached hydrogens (primary N) is 1. The highest BCUT2D eigenvalue weighted by Gasteiger charge is 2.53. The number of halogens is 1. The third kappa shape index (κ3) is 3.84. The topological polar surface area (TPSA) is 122 Å². The van der Waals surface area contributed by atoms with E-state index in [1.807, 2.05) is 34.7 Å². The molecule has 1 unspecified atom stereocenters. The van der Waals surface area contributed by atoms with Crippen LogP contribution in [-0.2, 0) is 10.5 Å². The van der Waals surface area contributed by atoms with Crippen LogP contribution in [0, 0.1) is 11.3 Å². The second-order valence-corrected chi connectivity index (χ2v) is 14.4. The van der Waals surface area contributed by atoms with Crippen LogP contribution >= 0.6 is 23.1 Å². The number of thiophene rings is 1. The number of pyridine rings is 1. The Hall–Kier alpha value is -3.47. The van der Waals surface area contributed by atoms with Gasteiger partial charge in [-0.25, -0.2) is 9.37 Å². The quantitative estimate of drug-likeness (QED) is 0.342. The molecular formula is C29H30FN9OS2.